The van der Waals surface area contributed by atoms with Gasteiger partial charge in [0.05, 0.1) is 32.6 Å². The number of para-hydroxylation sites is 1. The van der Waals surface area contributed by atoms with E-state index in [1.165, 1.54) is 0 Å². The van der Waals surface area contributed by atoms with Gasteiger partial charge in [-0.2, -0.15) is 0 Å². The number of carbonyl (C=O) groups excluding carboxylic acids is 2. The Labute approximate surface area is 180 Å². The number of anilines is 1. The van der Waals surface area contributed by atoms with Crippen LogP contribution in [-0.2, 0) is 6.54 Å². The molecule has 0 aromatic heterocycles. The highest BCUT2D eigenvalue weighted by atomic mass is 16.5. The number of ether oxygens (including phenoxy) is 3. The molecule has 0 atom stereocenters. The van der Waals surface area contributed by atoms with Gasteiger partial charge in [0.1, 0.15) is 5.75 Å². The second-order valence-electron chi connectivity index (χ2n) is 6.60. The van der Waals surface area contributed by atoms with Gasteiger partial charge < -0.3 is 24.8 Å². The minimum atomic E-state index is -0.317. The molecule has 0 spiro atoms. The van der Waals surface area contributed by atoms with Crippen molar-refractivity contribution in [2.45, 2.75) is 6.54 Å². The lowest BCUT2D eigenvalue weighted by atomic mass is 10.1. The molecule has 7 heteroatoms. The molecular formula is C24H24N2O5. The van der Waals surface area contributed by atoms with Crippen molar-refractivity contribution in [3.63, 3.8) is 0 Å². The predicted octanol–water partition coefficient (Wildman–Crippen LogP) is 3.89. The molecule has 0 saturated heterocycles. The molecular weight excluding hydrogens is 396 g/mol. The van der Waals surface area contributed by atoms with E-state index in [4.69, 9.17) is 14.2 Å². The second-order valence-corrected chi connectivity index (χ2v) is 6.60. The van der Waals surface area contributed by atoms with Gasteiger partial charge in [0, 0.05) is 12.1 Å². The van der Waals surface area contributed by atoms with Crippen LogP contribution in [-0.4, -0.2) is 33.1 Å². The van der Waals surface area contributed by atoms with Crippen LogP contribution in [0.15, 0.2) is 66.7 Å². The van der Waals surface area contributed by atoms with Crippen LogP contribution in [0, 0.1) is 0 Å². The second kappa shape index (κ2) is 10.2. The highest BCUT2D eigenvalue weighted by Crippen LogP contribution is 2.27. The normalized spacial score (nSPS) is 10.2. The van der Waals surface area contributed by atoms with Gasteiger partial charge in [0.25, 0.3) is 11.8 Å². The van der Waals surface area contributed by atoms with Crippen LogP contribution in [0.3, 0.4) is 0 Å². The quantitative estimate of drug-likeness (QED) is 0.577. The van der Waals surface area contributed by atoms with Crippen molar-refractivity contribution in [3.05, 3.63) is 83.4 Å². The van der Waals surface area contributed by atoms with Crippen molar-refractivity contribution >= 4 is 17.5 Å². The smallest absolute Gasteiger partial charge is 0.255 e. The third kappa shape index (κ3) is 5.33. The summed E-state index contributed by atoms with van der Waals surface area (Å²) in [6, 6.07) is 19.0. The first kappa shape index (κ1) is 21.7. The maximum atomic E-state index is 12.8. The molecule has 0 saturated carbocycles. The highest BCUT2D eigenvalue weighted by Gasteiger charge is 2.14. The van der Waals surface area contributed by atoms with Crippen LogP contribution in [0.4, 0.5) is 5.69 Å². The molecule has 31 heavy (non-hydrogen) atoms. The fourth-order valence-electron chi connectivity index (χ4n) is 3.00. The van der Waals surface area contributed by atoms with Gasteiger partial charge in [-0.3, -0.25) is 9.59 Å². The number of carbonyl (C=O) groups is 2. The molecule has 3 rings (SSSR count). The zero-order valence-electron chi connectivity index (χ0n) is 17.6. The van der Waals surface area contributed by atoms with E-state index in [1.54, 1.807) is 82.0 Å². The van der Waals surface area contributed by atoms with Crippen molar-refractivity contribution in [2.75, 3.05) is 26.6 Å². The van der Waals surface area contributed by atoms with Crippen LogP contribution < -0.4 is 24.8 Å². The number of hydrogen-bond acceptors (Lipinski definition) is 5. The third-order valence-corrected chi connectivity index (χ3v) is 4.67. The van der Waals surface area contributed by atoms with E-state index in [0.717, 1.165) is 5.56 Å². The van der Waals surface area contributed by atoms with E-state index in [0.29, 0.717) is 40.6 Å². The predicted molar refractivity (Wildman–Crippen MR) is 118 cm³/mol. The number of methoxy groups -OCH3 is 3. The summed E-state index contributed by atoms with van der Waals surface area (Å²) in [7, 11) is 4.68. The number of rotatable bonds is 8. The van der Waals surface area contributed by atoms with Crippen LogP contribution in [0.1, 0.15) is 26.3 Å². The molecule has 2 N–H and O–H groups in total. The molecule has 0 heterocycles. The summed E-state index contributed by atoms with van der Waals surface area (Å²) in [5.41, 5.74) is 2.10. The van der Waals surface area contributed by atoms with E-state index in [2.05, 4.69) is 10.6 Å². The molecule has 160 valence electrons. The summed E-state index contributed by atoms with van der Waals surface area (Å²) in [6.07, 6.45) is 0. The Bertz CT molecular complexity index is 1060. The van der Waals surface area contributed by atoms with E-state index < -0.39 is 0 Å². The van der Waals surface area contributed by atoms with Crippen molar-refractivity contribution < 1.29 is 23.8 Å². The molecule has 0 aliphatic rings. The zero-order chi connectivity index (χ0) is 22.2. The lowest BCUT2D eigenvalue weighted by Gasteiger charge is -2.13. The Morgan fingerprint density at radius 3 is 2.16 bits per heavy atom. The van der Waals surface area contributed by atoms with Crippen LogP contribution in [0.5, 0.6) is 17.2 Å². The van der Waals surface area contributed by atoms with E-state index in [9.17, 15) is 9.59 Å². The number of amides is 2. The van der Waals surface area contributed by atoms with Crippen molar-refractivity contribution in [1.82, 2.24) is 5.32 Å². The van der Waals surface area contributed by atoms with Crippen molar-refractivity contribution in [3.8, 4) is 17.2 Å². The lowest BCUT2D eigenvalue weighted by molar-refractivity contribution is 0.0951. The van der Waals surface area contributed by atoms with Gasteiger partial charge in [-0.1, -0.05) is 18.2 Å². The average Bonchev–Trinajstić information content (AvgIpc) is 2.82. The lowest BCUT2D eigenvalue weighted by Crippen LogP contribution is -2.25. The summed E-state index contributed by atoms with van der Waals surface area (Å²) in [5.74, 6) is 1.24. The molecule has 0 aliphatic carbocycles. The highest BCUT2D eigenvalue weighted by molar-refractivity contribution is 6.09. The fourth-order valence-corrected chi connectivity index (χ4v) is 3.00. The van der Waals surface area contributed by atoms with Gasteiger partial charge in [0.2, 0.25) is 0 Å². The van der Waals surface area contributed by atoms with Crippen molar-refractivity contribution in [2.24, 2.45) is 0 Å². The summed E-state index contributed by atoms with van der Waals surface area (Å²) in [4.78, 5) is 25.4. The Hall–Kier alpha value is -4.00. The largest absolute Gasteiger partial charge is 0.497 e. The Balaban J connectivity index is 1.70. The van der Waals surface area contributed by atoms with Gasteiger partial charge >= 0.3 is 0 Å². The van der Waals surface area contributed by atoms with Gasteiger partial charge in [-0.25, -0.2) is 0 Å². The van der Waals surface area contributed by atoms with Crippen LogP contribution in [0.2, 0.25) is 0 Å². The monoisotopic (exact) mass is 420 g/mol. The molecule has 3 aromatic rings. The molecule has 0 radical (unpaired) electrons. The molecule has 0 fully saturated rings. The standard InChI is InChI=1S/C24H24N2O5/c1-29-18-11-9-17(10-12-18)23(27)26-20-7-5-4-6-19(20)24(28)25-15-16-8-13-21(30-2)22(14-16)31-3/h4-14H,15H2,1-3H3,(H,25,28)(H,26,27). The topological polar surface area (TPSA) is 85.9 Å². The SMILES string of the molecule is COc1ccc(C(=O)Nc2ccccc2C(=O)NCc2ccc(OC)c(OC)c2)cc1. The molecule has 0 bridgehead atoms. The Kier molecular flexibility index (Phi) is 7.11. The van der Waals surface area contributed by atoms with E-state index >= 15 is 0 Å². The Morgan fingerprint density at radius 2 is 1.48 bits per heavy atom. The van der Waals surface area contributed by atoms with Crippen molar-refractivity contribution in [1.29, 1.82) is 0 Å². The van der Waals surface area contributed by atoms with Crippen LogP contribution >= 0.6 is 0 Å². The summed E-state index contributed by atoms with van der Waals surface area (Å²) in [5, 5.41) is 5.67. The van der Waals surface area contributed by atoms with Gasteiger partial charge in [-0.05, 0) is 54.1 Å². The minimum Gasteiger partial charge on any atom is -0.497 e. The van der Waals surface area contributed by atoms with Gasteiger partial charge in [-0.15, -0.1) is 0 Å². The zero-order valence-corrected chi connectivity index (χ0v) is 17.6. The number of hydrogen-bond donors (Lipinski definition) is 2. The van der Waals surface area contributed by atoms with Gasteiger partial charge in [0.15, 0.2) is 11.5 Å². The molecule has 0 aliphatic heterocycles. The number of nitrogens with one attached hydrogen (secondary N) is 2. The van der Waals surface area contributed by atoms with E-state index in [1.807, 2.05) is 6.07 Å². The fraction of sp³-hybridized carbons (Fsp3) is 0.167. The maximum Gasteiger partial charge on any atom is 0.255 e. The minimum absolute atomic E-state index is 0.292. The summed E-state index contributed by atoms with van der Waals surface area (Å²) < 4.78 is 15.6. The third-order valence-electron chi connectivity index (χ3n) is 4.67. The molecule has 7 nitrogen and oxygen atoms in total. The first-order chi connectivity index (χ1) is 15.0. The molecule has 2 amide bonds. The summed E-state index contributed by atoms with van der Waals surface area (Å²) >= 11 is 0. The van der Waals surface area contributed by atoms with E-state index in [-0.39, 0.29) is 11.8 Å². The maximum absolute atomic E-state index is 12.8. The Morgan fingerprint density at radius 1 is 0.774 bits per heavy atom. The first-order valence-corrected chi connectivity index (χ1v) is 9.59. The summed E-state index contributed by atoms with van der Waals surface area (Å²) in [6.45, 7) is 0.292. The van der Waals surface area contributed by atoms with Crippen LogP contribution in [0.25, 0.3) is 0 Å². The molecule has 0 unspecified atom stereocenters. The average molecular weight is 420 g/mol. The molecule has 3 aromatic carbocycles. The first-order valence-electron chi connectivity index (χ1n) is 9.59. The number of benzene rings is 3.